The van der Waals surface area contributed by atoms with Gasteiger partial charge in [0.15, 0.2) is 0 Å². The Labute approximate surface area is 104 Å². The van der Waals surface area contributed by atoms with Gasteiger partial charge in [0.25, 0.3) is 5.56 Å². The van der Waals surface area contributed by atoms with Gasteiger partial charge in [0.05, 0.1) is 10.9 Å². The number of benzene rings is 1. The minimum Gasteiger partial charge on any atom is -0.307 e. The molecule has 1 heterocycles. The largest absolute Gasteiger partial charge is 0.329 e. The van der Waals surface area contributed by atoms with Crippen LogP contribution in [0, 0.1) is 6.92 Å². The number of aromatic amines is 1. The van der Waals surface area contributed by atoms with E-state index in [1.54, 1.807) is 6.07 Å². The highest BCUT2D eigenvalue weighted by atomic mass is 16.2. The Kier molecular flexibility index (Phi) is 2.58. The van der Waals surface area contributed by atoms with E-state index in [1.165, 1.54) is 4.57 Å². The number of rotatable bonds is 1. The maximum Gasteiger partial charge on any atom is 0.329 e. The Hall–Kier alpha value is -1.84. The van der Waals surface area contributed by atoms with Crippen molar-refractivity contribution in [2.24, 2.45) is 0 Å². The second kappa shape index (κ2) is 4.12. The molecule has 0 aliphatic heterocycles. The summed E-state index contributed by atoms with van der Waals surface area (Å²) in [5, 5.41) is 0.613. The molecule has 0 bridgehead atoms. The lowest BCUT2D eigenvalue weighted by molar-refractivity contribution is 0.483. The van der Waals surface area contributed by atoms with E-state index in [1.807, 2.05) is 19.1 Å². The molecule has 2 aromatic rings. The van der Waals surface area contributed by atoms with Crippen LogP contribution in [0.15, 0.2) is 27.8 Å². The Morgan fingerprint density at radius 1 is 1.22 bits per heavy atom. The van der Waals surface area contributed by atoms with Gasteiger partial charge in [0.1, 0.15) is 0 Å². The van der Waals surface area contributed by atoms with Crippen molar-refractivity contribution in [1.82, 2.24) is 9.55 Å². The topological polar surface area (TPSA) is 54.9 Å². The molecule has 1 aliphatic rings. The van der Waals surface area contributed by atoms with Crippen molar-refractivity contribution in [3.05, 3.63) is 44.6 Å². The molecular formula is C14H16N2O2. The second-order valence-corrected chi connectivity index (χ2v) is 5.09. The van der Waals surface area contributed by atoms with E-state index < -0.39 is 0 Å². The summed E-state index contributed by atoms with van der Waals surface area (Å²) in [7, 11) is 0. The number of H-pyrrole nitrogens is 1. The number of fused-ring (bicyclic) bond motifs is 1. The van der Waals surface area contributed by atoms with Gasteiger partial charge in [-0.15, -0.1) is 0 Å². The van der Waals surface area contributed by atoms with E-state index in [0.29, 0.717) is 10.9 Å². The SMILES string of the molecule is Cc1ccc2[nH]c(=O)n(C3CCCC3)c(=O)c2c1. The van der Waals surface area contributed by atoms with Gasteiger partial charge in [-0.3, -0.25) is 9.36 Å². The van der Waals surface area contributed by atoms with Crippen LogP contribution >= 0.6 is 0 Å². The zero-order valence-corrected chi connectivity index (χ0v) is 10.4. The molecule has 0 atom stereocenters. The molecule has 1 fully saturated rings. The van der Waals surface area contributed by atoms with Crippen molar-refractivity contribution in [3.8, 4) is 0 Å². The third-order valence-corrected chi connectivity index (χ3v) is 3.77. The van der Waals surface area contributed by atoms with Gasteiger partial charge in [0, 0.05) is 6.04 Å². The molecular weight excluding hydrogens is 228 g/mol. The Morgan fingerprint density at radius 3 is 2.67 bits per heavy atom. The number of nitrogens with one attached hydrogen (secondary N) is 1. The molecule has 1 aromatic carbocycles. The summed E-state index contributed by atoms with van der Waals surface area (Å²) in [4.78, 5) is 27.3. The summed E-state index contributed by atoms with van der Waals surface area (Å²) in [5.41, 5.74) is 1.24. The maximum absolute atomic E-state index is 12.4. The lowest BCUT2D eigenvalue weighted by Gasteiger charge is -2.12. The number of hydrogen-bond donors (Lipinski definition) is 1. The predicted molar refractivity (Wildman–Crippen MR) is 71.1 cm³/mol. The normalized spacial score (nSPS) is 16.5. The van der Waals surface area contributed by atoms with Crippen molar-refractivity contribution in [2.75, 3.05) is 0 Å². The Bertz CT molecular complexity index is 706. The minimum atomic E-state index is -0.275. The fourth-order valence-corrected chi connectivity index (χ4v) is 2.84. The molecule has 18 heavy (non-hydrogen) atoms. The summed E-state index contributed by atoms with van der Waals surface area (Å²) in [5.74, 6) is 0. The molecule has 94 valence electrons. The summed E-state index contributed by atoms with van der Waals surface area (Å²) in [6.07, 6.45) is 4.06. The zero-order valence-electron chi connectivity index (χ0n) is 10.4. The monoisotopic (exact) mass is 244 g/mol. The highest BCUT2D eigenvalue weighted by Gasteiger charge is 2.21. The van der Waals surface area contributed by atoms with Crippen molar-refractivity contribution in [2.45, 2.75) is 38.6 Å². The zero-order chi connectivity index (χ0) is 12.7. The summed E-state index contributed by atoms with van der Waals surface area (Å²) in [6.45, 7) is 1.95. The van der Waals surface area contributed by atoms with Gasteiger partial charge in [-0.25, -0.2) is 4.79 Å². The molecule has 0 spiro atoms. The van der Waals surface area contributed by atoms with Crippen LogP contribution in [0.5, 0.6) is 0 Å². The van der Waals surface area contributed by atoms with E-state index in [-0.39, 0.29) is 17.3 Å². The summed E-state index contributed by atoms with van der Waals surface area (Å²) in [6, 6.07) is 5.62. The number of aryl methyl sites for hydroxylation is 1. The molecule has 0 saturated heterocycles. The molecule has 3 rings (SSSR count). The van der Waals surface area contributed by atoms with Crippen molar-refractivity contribution >= 4 is 10.9 Å². The number of nitrogens with zero attached hydrogens (tertiary/aromatic N) is 1. The van der Waals surface area contributed by atoms with Crippen LogP contribution < -0.4 is 11.2 Å². The van der Waals surface area contributed by atoms with E-state index in [4.69, 9.17) is 0 Å². The highest BCUT2D eigenvalue weighted by molar-refractivity contribution is 5.77. The third kappa shape index (κ3) is 1.68. The number of aromatic nitrogens is 2. The van der Waals surface area contributed by atoms with Gasteiger partial charge in [-0.1, -0.05) is 24.5 Å². The first-order valence-electron chi connectivity index (χ1n) is 6.42. The molecule has 4 nitrogen and oxygen atoms in total. The van der Waals surface area contributed by atoms with Crippen LogP contribution in [-0.4, -0.2) is 9.55 Å². The van der Waals surface area contributed by atoms with Gasteiger partial charge >= 0.3 is 5.69 Å². The van der Waals surface area contributed by atoms with E-state index in [0.717, 1.165) is 31.2 Å². The lowest BCUT2D eigenvalue weighted by Crippen LogP contribution is -2.37. The van der Waals surface area contributed by atoms with Gasteiger partial charge in [-0.2, -0.15) is 0 Å². The third-order valence-electron chi connectivity index (χ3n) is 3.77. The van der Waals surface area contributed by atoms with Crippen molar-refractivity contribution < 1.29 is 0 Å². The van der Waals surface area contributed by atoms with Gasteiger partial charge < -0.3 is 4.98 Å². The quantitative estimate of drug-likeness (QED) is 0.835. The molecule has 0 unspecified atom stereocenters. The molecule has 1 saturated carbocycles. The van der Waals surface area contributed by atoms with Crippen molar-refractivity contribution in [3.63, 3.8) is 0 Å². The first-order chi connectivity index (χ1) is 8.66. The summed E-state index contributed by atoms with van der Waals surface area (Å²) < 4.78 is 1.41. The van der Waals surface area contributed by atoms with Crippen LogP contribution in [-0.2, 0) is 0 Å². The van der Waals surface area contributed by atoms with E-state index >= 15 is 0 Å². The average Bonchev–Trinajstić information content (AvgIpc) is 2.84. The summed E-state index contributed by atoms with van der Waals surface area (Å²) >= 11 is 0. The van der Waals surface area contributed by atoms with Crippen LogP contribution in [0.2, 0.25) is 0 Å². The van der Waals surface area contributed by atoms with Gasteiger partial charge in [-0.05, 0) is 31.9 Å². The molecule has 1 aliphatic carbocycles. The Balaban J connectivity index is 2.32. The van der Waals surface area contributed by atoms with Crippen molar-refractivity contribution in [1.29, 1.82) is 0 Å². The maximum atomic E-state index is 12.4. The first-order valence-corrected chi connectivity index (χ1v) is 6.42. The fraction of sp³-hybridized carbons (Fsp3) is 0.429. The Morgan fingerprint density at radius 2 is 1.94 bits per heavy atom. The molecule has 1 aromatic heterocycles. The van der Waals surface area contributed by atoms with E-state index in [9.17, 15) is 9.59 Å². The van der Waals surface area contributed by atoms with E-state index in [2.05, 4.69) is 4.98 Å². The fourth-order valence-electron chi connectivity index (χ4n) is 2.84. The van der Waals surface area contributed by atoms with Crippen LogP contribution in [0.4, 0.5) is 0 Å². The number of hydrogen-bond acceptors (Lipinski definition) is 2. The molecule has 4 heteroatoms. The van der Waals surface area contributed by atoms with Crippen LogP contribution in [0.3, 0.4) is 0 Å². The van der Waals surface area contributed by atoms with Gasteiger partial charge in [0.2, 0.25) is 0 Å². The minimum absolute atomic E-state index is 0.0752. The van der Waals surface area contributed by atoms with Crippen LogP contribution in [0.1, 0.15) is 37.3 Å². The predicted octanol–water partition coefficient (Wildman–Crippen LogP) is 2.11. The molecule has 0 radical (unpaired) electrons. The lowest BCUT2D eigenvalue weighted by atomic mass is 10.1. The standard InChI is InChI=1S/C14H16N2O2/c1-9-6-7-12-11(8-9)13(17)16(14(18)15-12)10-4-2-3-5-10/h6-8,10H,2-5H2,1H3,(H,15,18). The molecule has 1 N–H and O–H groups in total. The smallest absolute Gasteiger partial charge is 0.307 e. The first kappa shape index (κ1) is 11.3. The second-order valence-electron chi connectivity index (χ2n) is 5.09. The average molecular weight is 244 g/mol. The van der Waals surface area contributed by atoms with Crippen LogP contribution in [0.25, 0.3) is 10.9 Å². The molecule has 0 amide bonds. The highest BCUT2D eigenvalue weighted by Crippen LogP contribution is 2.27.